The Morgan fingerprint density at radius 2 is 1.86 bits per heavy atom. The summed E-state index contributed by atoms with van der Waals surface area (Å²) in [5.74, 6) is 1.57. The smallest absolute Gasteiger partial charge is 0.160 e. The maximum atomic E-state index is 5.22. The number of alkyl halides is 1. The molecule has 0 bridgehead atoms. The predicted molar refractivity (Wildman–Crippen MR) is 61.6 cm³/mol. The van der Waals surface area contributed by atoms with Gasteiger partial charge in [-0.25, -0.2) is 0 Å². The highest BCUT2D eigenvalue weighted by Crippen LogP contribution is 2.28. The quantitative estimate of drug-likeness (QED) is 0.774. The van der Waals surface area contributed by atoms with Crippen LogP contribution in [0.4, 0.5) is 0 Å². The molecule has 1 aromatic carbocycles. The van der Waals surface area contributed by atoms with Gasteiger partial charge in [0.25, 0.3) is 0 Å². The molecule has 0 radical (unpaired) electrons. The van der Waals surface area contributed by atoms with Crippen molar-refractivity contribution in [3.05, 3.63) is 23.8 Å². The molecule has 0 heterocycles. The molecule has 0 aliphatic rings. The minimum absolute atomic E-state index is 0.473. The molecule has 1 aromatic rings. The summed E-state index contributed by atoms with van der Waals surface area (Å²) in [4.78, 5) is 0.473. The van der Waals surface area contributed by atoms with Crippen LogP contribution in [0.2, 0.25) is 0 Å². The average Bonchev–Trinajstić information content (AvgIpc) is 2.16. The second kappa shape index (κ2) is 5.25. The van der Waals surface area contributed by atoms with Gasteiger partial charge >= 0.3 is 0 Å². The fraction of sp³-hybridized carbons (Fsp3) is 0.455. The topological polar surface area (TPSA) is 18.5 Å². The van der Waals surface area contributed by atoms with Gasteiger partial charge in [0.2, 0.25) is 0 Å². The van der Waals surface area contributed by atoms with Crippen molar-refractivity contribution < 1.29 is 9.47 Å². The van der Waals surface area contributed by atoms with Gasteiger partial charge in [-0.1, -0.05) is 28.9 Å². The zero-order valence-electron chi connectivity index (χ0n) is 8.71. The molecule has 0 saturated carbocycles. The molecule has 0 aliphatic carbocycles. The summed E-state index contributed by atoms with van der Waals surface area (Å²) in [5.41, 5.74) is 1.24. The molecule has 1 rings (SSSR count). The highest BCUT2D eigenvalue weighted by Gasteiger charge is 2.05. The fourth-order valence-corrected chi connectivity index (χ4v) is 1.71. The summed E-state index contributed by atoms with van der Waals surface area (Å²) in [6, 6.07) is 6.00. The second-order valence-electron chi connectivity index (χ2n) is 3.17. The summed E-state index contributed by atoms with van der Waals surface area (Å²) < 4.78 is 10.4. The molecule has 0 spiro atoms. The Hall–Kier alpha value is -0.700. The van der Waals surface area contributed by atoms with Gasteiger partial charge in [-0.3, -0.25) is 0 Å². The van der Waals surface area contributed by atoms with Gasteiger partial charge < -0.3 is 9.47 Å². The molecular weight excluding hydrogens is 244 g/mol. The van der Waals surface area contributed by atoms with Crippen LogP contribution in [0.3, 0.4) is 0 Å². The van der Waals surface area contributed by atoms with Crippen molar-refractivity contribution in [3.63, 3.8) is 0 Å². The third-order valence-electron chi connectivity index (χ3n) is 1.96. The number of rotatable bonds is 4. The SMILES string of the molecule is COc1ccc(C[C@H](C)Br)cc1OC. The third-order valence-corrected chi connectivity index (χ3v) is 2.29. The summed E-state index contributed by atoms with van der Waals surface area (Å²) in [6.45, 7) is 2.12. The van der Waals surface area contributed by atoms with Gasteiger partial charge in [-0.15, -0.1) is 0 Å². The number of hydrogen-bond acceptors (Lipinski definition) is 2. The highest BCUT2D eigenvalue weighted by molar-refractivity contribution is 9.09. The molecule has 14 heavy (non-hydrogen) atoms. The van der Waals surface area contributed by atoms with Crippen LogP contribution in [0.25, 0.3) is 0 Å². The van der Waals surface area contributed by atoms with Crippen molar-refractivity contribution in [3.8, 4) is 11.5 Å². The number of benzene rings is 1. The molecule has 0 saturated heterocycles. The van der Waals surface area contributed by atoms with Crippen LogP contribution in [0.5, 0.6) is 11.5 Å². The van der Waals surface area contributed by atoms with Gasteiger partial charge in [0.1, 0.15) is 0 Å². The normalized spacial score (nSPS) is 12.3. The van der Waals surface area contributed by atoms with E-state index in [0.717, 1.165) is 17.9 Å². The van der Waals surface area contributed by atoms with Crippen molar-refractivity contribution in [2.75, 3.05) is 14.2 Å². The third kappa shape index (κ3) is 2.91. The van der Waals surface area contributed by atoms with Gasteiger partial charge in [0.15, 0.2) is 11.5 Å². The van der Waals surface area contributed by atoms with E-state index < -0.39 is 0 Å². The van der Waals surface area contributed by atoms with Crippen LogP contribution in [0, 0.1) is 0 Å². The average molecular weight is 259 g/mol. The minimum atomic E-state index is 0.473. The lowest BCUT2D eigenvalue weighted by molar-refractivity contribution is 0.354. The Kier molecular flexibility index (Phi) is 4.26. The first-order valence-electron chi connectivity index (χ1n) is 4.52. The molecule has 1 atom stereocenters. The van der Waals surface area contributed by atoms with Crippen molar-refractivity contribution >= 4 is 15.9 Å². The van der Waals surface area contributed by atoms with Crippen LogP contribution >= 0.6 is 15.9 Å². The van der Waals surface area contributed by atoms with E-state index in [-0.39, 0.29) is 0 Å². The lowest BCUT2D eigenvalue weighted by Gasteiger charge is -2.10. The van der Waals surface area contributed by atoms with Crippen molar-refractivity contribution in [2.24, 2.45) is 0 Å². The number of hydrogen-bond donors (Lipinski definition) is 0. The standard InChI is InChI=1S/C11H15BrO2/c1-8(12)6-9-4-5-10(13-2)11(7-9)14-3/h4-5,7-8H,6H2,1-3H3/t8-/m0/s1. The Morgan fingerprint density at radius 1 is 1.21 bits per heavy atom. The van der Waals surface area contributed by atoms with E-state index in [1.54, 1.807) is 14.2 Å². The first-order chi connectivity index (χ1) is 6.67. The Balaban J connectivity index is 2.89. The van der Waals surface area contributed by atoms with Gasteiger partial charge in [-0.05, 0) is 24.1 Å². The molecule has 0 aromatic heterocycles. The minimum Gasteiger partial charge on any atom is -0.493 e. The number of ether oxygens (including phenoxy) is 2. The largest absolute Gasteiger partial charge is 0.493 e. The monoisotopic (exact) mass is 258 g/mol. The molecule has 78 valence electrons. The Bertz CT molecular complexity index is 297. The van der Waals surface area contributed by atoms with Gasteiger partial charge in [0.05, 0.1) is 14.2 Å². The van der Waals surface area contributed by atoms with E-state index in [1.807, 2.05) is 12.1 Å². The molecule has 3 heteroatoms. The molecular formula is C11H15BrO2. The summed E-state index contributed by atoms with van der Waals surface area (Å²) in [5, 5.41) is 0. The highest BCUT2D eigenvalue weighted by atomic mass is 79.9. The molecule has 0 fully saturated rings. The summed E-state index contributed by atoms with van der Waals surface area (Å²) in [7, 11) is 3.30. The molecule has 0 N–H and O–H groups in total. The maximum absolute atomic E-state index is 5.22. The van der Waals surface area contributed by atoms with Crippen LogP contribution < -0.4 is 9.47 Å². The lowest BCUT2D eigenvalue weighted by atomic mass is 10.1. The van der Waals surface area contributed by atoms with E-state index in [9.17, 15) is 0 Å². The zero-order valence-corrected chi connectivity index (χ0v) is 10.3. The summed E-state index contributed by atoms with van der Waals surface area (Å²) in [6.07, 6.45) is 0.986. The van der Waals surface area contributed by atoms with Crippen LogP contribution in [-0.4, -0.2) is 19.0 Å². The number of methoxy groups -OCH3 is 2. The van der Waals surface area contributed by atoms with Crippen molar-refractivity contribution in [1.29, 1.82) is 0 Å². The first kappa shape index (κ1) is 11.4. The van der Waals surface area contributed by atoms with E-state index in [4.69, 9.17) is 9.47 Å². The molecule has 0 unspecified atom stereocenters. The molecule has 0 aliphatic heterocycles. The fourth-order valence-electron chi connectivity index (χ4n) is 1.33. The second-order valence-corrected chi connectivity index (χ2v) is 4.74. The van der Waals surface area contributed by atoms with E-state index in [2.05, 4.69) is 28.9 Å². The van der Waals surface area contributed by atoms with Crippen LogP contribution in [-0.2, 0) is 6.42 Å². The predicted octanol–water partition coefficient (Wildman–Crippen LogP) is 3.03. The summed E-state index contributed by atoms with van der Waals surface area (Å²) >= 11 is 3.52. The van der Waals surface area contributed by atoms with E-state index in [0.29, 0.717) is 4.83 Å². The van der Waals surface area contributed by atoms with Gasteiger partial charge in [-0.2, -0.15) is 0 Å². The van der Waals surface area contributed by atoms with E-state index >= 15 is 0 Å². The molecule has 2 nitrogen and oxygen atoms in total. The van der Waals surface area contributed by atoms with Gasteiger partial charge in [0, 0.05) is 4.83 Å². The van der Waals surface area contributed by atoms with Crippen LogP contribution in [0.1, 0.15) is 12.5 Å². The lowest BCUT2D eigenvalue weighted by Crippen LogP contribution is -1.98. The Morgan fingerprint density at radius 3 is 2.36 bits per heavy atom. The van der Waals surface area contributed by atoms with Crippen molar-refractivity contribution in [2.45, 2.75) is 18.2 Å². The number of halogens is 1. The molecule has 0 amide bonds. The van der Waals surface area contributed by atoms with E-state index in [1.165, 1.54) is 5.56 Å². The first-order valence-corrected chi connectivity index (χ1v) is 5.44. The maximum Gasteiger partial charge on any atom is 0.160 e. The van der Waals surface area contributed by atoms with Crippen molar-refractivity contribution in [1.82, 2.24) is 0 Å². The Labute approximate surface area is 93.4 Å². The zero-order chi connectivity index (χ0) is 10.6. The van der Waals surface area contributed by atoms with Crippen LogP contribution in [0.15, 0.2) is 18.2 Å².